The first-order valence-electron chi connectivity index (χ1n) is 6.57. The van der Waals surface area contributed by atoms with Crippen molar-refractivity contribution >= 4 is 11.5 Å². The quantitative estimate of drug-likeness (QED) is 0.766. The van der Waals surface area contributed by atoms with Crippen molar-refractivity contribution in [2.45, 2.75) is 19.8 Å². The van der Waals surface area contributed by atoms with Gasteiger partial charge < -0.3 is 9.64 Å². The maximum Gasteiger partial charge on any atom is 0.161 e. The van der Waals surface area contributed by atoms with Crippen LogP contribution in [-0.2, 0) is 4.74 Å². The highest BCUT2D eigenvalue weighted by atomic mass is 16.5. The highest BCUT2D eigenvalue weighted by Crippen LogP contribution is 2.23. The number of carbonyl (C=O) groups is 1. The fourth-order valence-electron chi connectivity index (χ4n) is 2.52. The van der Waals surface area contributed by atoms with Gasteiger partial charge in [-0.25, -0.2) is 0 Å². The molecule has 0 saturated carbocycles. The monoisotopic (exact) mass is 247 g/mol. The van der Waals surface area contributed by atoms with E-state index < -0.39 is 0 Å². The minimum absolute atomic E-state index is 0.129. The third kappa shape index (κ3) is 3.10. The Bertz CT molecular complexity index is 411. The molecule has 1 aromatic rings. The Morgan fingerprint density at radius 1 is 1.33 bits per heavy atom. The Morgan fingerprint density at radius 3 is 2.67 bits per heavy atom. The average molecular weight is 247 g/mol. The van der Waals surface area contributed by atoms with Crippen LogP contribution < -0.4 is 4.90 Å². The van der Waals surface area contributed by atoms with E-state index in [2.05, 4.69) is 11.9 Å². The molecule has 0 amide bonds. The molecule has 1 aliphatic rings. The molecule has 98 valence electrons. The van der Waals surface area contributed by atoms with Crippen LogP contribution in [0.25, 0.3) is 0 Å². The van der Waals surface area contributed by atoms with E-state index in [4.69, 9.17) is 4.74 Å². The molecule has 0 radical (unpaired) electrons. The van der Waals surface area contributed by atoms with Gasteiger partial charge in [0.2, 0.25) is 0 Å². The molecule has 1 heterocycles. The Kier molecular flexibility index (Phi) is 4.37. The molecule has 1 fully saturated rings. The lowest BCUT2D eigenvalue weighted by Crippen LogP contribution is -2.30. The number of Topliss-reactive ketones (excluding diaryl/α,β-unsaturated/α-hetero) is 1. The lowest BCUT2D eigenvalue weighted by atomic mass is 9.99. The molecule has 0 N–H and O–H groups in total. The van der Waals surface area contributed by atoms with Crippen molar-refractivity contribution in [2.75, 3.05) is 31.7 Å². The van der Waals surface area contributed by atoms with Crippen LogP contribution in [0.3, 0.4) is 0 Å². The van der Waals surface area contributed by atoms with Gasteiger partial charge in [0.05, 0.1) is 0 Å². The van der Waals surface area contributed by atoms with Crippen LogP contribution in [0.15, 0.2) is 24.3 Å². The van der Waals surface area contributed by atoms with Crippen LogP contribution in [0.1, 0.15) is 30.1 Å². The minimum Gasteiger partial charge on any atom is -0.381 e. The Morgan fingerprint density at radius 2 is 2.00 bits per heavy atom. The van der Waals surface area contributed by atoms with Crippen molar-refractivity contribution in [3.05, 3.63) is 29.8 Å². The summed E-state index contributed by atoms with van der Waals surface area (Å²) in [6.07, 6.45) is 2.24. The van der Waals surface area contributed by atoms with Crippen LogP contribution in [0, 0.1) is 5.92 Å². The van der Waals surface area contributed by atoms with Crippen molar-refractivity contribution in [2.24, 2.45) is 5.92 Å². The SMILES string of the molecule is CC(=O)c1ccccc1N(C)CC1CCOCC1. The smallest absolute Gasteiger partial charge is 0.161 e. The van der Waals surface area contributed by atoms with Gasteiger partial charge in [0.1, 0.15) is 0 Å². The predicted octanol–water partition coefficient (Wildman–Crippen LogP) is 2.75. The summed E-state index contributed by atoms with van der Waals surface area (Å²) in [6, 6.07) is 7.83. The van der Waals surface area contributed by atoms with Crippen LogP contribution in [-0.4, -0.2) is 32.6 Å². The normalized spacial score (nSPS) is 16.6. The Hall–Kier alpha value is -1.35. The summed E-state index contributed by atoms with van der Waals surface area (Å²) in [5, 5.41) is 0. The van der Waals surface area contributed by atoms with Crippen molar-refractivity contribution < 1.29 is 9.53 Å². The minimum atomic E-state index is 0.129. The maximum atomic E-state index is 11.6. The molecule has 0 bridgehead atoms. The van der Waals surface area contributed by atoms with Crippen LogP contribution >= 0.6 is 0 Å². The number of nitrogens with zero attached hydrogens (tertiary/aromatic N) is 1. The van der Waals surface area contributed by atoms with E-state index in [0.717, 1.165) is 43.9 Å². The van der Waals surface area contributed by atoms with E-state index in [1.807, 2.05) is 24.3 Å². The summed E-state index contributed by atoms with van der Waals surface area (Å²) in [6.45, 7) is 4.36. The van der Waals surface area contributed by atoms with E-state index in [1.54, 1.807) is 6.92 Å². The molecule has 1 saturated heterocycles. The molecule has 0 spiro atoms. The van der Waals surface area contributed by atoms with Gasteiger partial charge in [-0.1, -0.05) is 12.1 Å². The number of rotatable bonds is 4. The molecule has 1 aliphatic heterocycles. The second-order valence-corrected chi connectivity index (χ2v) is 5.01. The molecule has 2 rings (SSSR count). The summed E-state index contributed by atoms with van der Waals surface area (Å²) >= 11 is 0. The van der Waals surface area contributed by atoms with Crippen molar-refractivity contribution in [3.63, 3.8) is 0 Å². The number of ketones is 1. The molecule has 18 heavy (non-hydrogen) atoms. The first kappa shape index (κ1) is 13.1. The summed E-state index contributed by atoms with van der Waals surface area (Å²) in [5.41, 5.74) is 1.85. The molecule has 0 atom stereocenters. The van der Waals surface area contributed by atoms with Gasteiger partial charge in [-0.15, -0.1) is 0 Å². The van der Waals surface area contributed by atoms with Crippen LogP contribution in [0.2, 0.25) is 0 Å². The van der Waals surface area contributed by atoms with E-state index in [1.165, 1.54) is 0 Å². The second kappa shape index (κ2) is 6.01. The first-order chi connectivity index (χ1) is 8.68. The van der Waals surface area contributed by atoms with E-state index in [-0.39, 0.29) is 5.78 Å². The zero-order valence-electron chi connectivity index (χ0n) is 11.2. The Balaban J connectivity index is 2.08. The average Bonchev–Trinajstić information content (AvgIpc) is 2.40. The van der Waals surface area contributed by atoms with Crippen LogP contribution in [0.5, 0.6) is 0 Å². The highest BCUT2D eigenvalue weighted by Gasteiger charge is 2.18. The summed E-state index contributed by atoms with van der Waals surface area (Å²) < 4.78 is 5.38. The second-order valence-electron chi connectivity index (χ2n) is 5.01. The van der Waals surface area contributed by atoms with Crippen molar-refractivity contribution in [3.8, 4) is 0 Å². The van der Waals surface area contributed by atoms with Gasteiger partial charge in [-0.2, -0.15) is 0 Å². The molecular formula is C15H21NO2. The summed E-state index contributed by atoms with van der Waals surface area (Å²) in [7, 11) is 2.07. The number of hydrogen-bond acceptors (Lipinski definition) is 3. The molecule has 3 nitrogen and oxygen atoms in total. The maximum absolute atomic E-state index is 11.6. The van der Waals surface area contributed by atoms with Gasteiger partial charge in [-0.3, -0.25) is 4.79 Å². The van der Waals surface area contributed by atoms with E-state index in [9.17, 15) is 4.79 Å². The number of ether oxygens (including phenoxy) is 1. The Labute approximate surface area is 109 Å². The largest absolute Gasteiger partial charge is 0.381 e. The van der Waals surface area contributed by atoms with Gasteiger partial charge in [-0.05, 0) is 37.8 Å². The number of para-hydroxylation sites is 1. The van der Waals surface area contributed by atoms with E-state index >= 15 is 0 Å². The summed E-state index contributed by atoms with van der Waals surface area (Å²) in [4.78, 5) is 13.8. The molecule has 0 unspecified atom stereocenters. The zero-order chi connectivity index (χ0) is 13.0. The lowest BCUT2D eigenvalue weighted by molar-refractivity contribution is 0.0685. The van der Waals surface area contributed by atoms with Gasteiger partial charge in [0.15, 0.2) is 5.78 Å². The highest BCUT2D eigenvalue weighted by molar-refractivity contribution is 5.99. The molecular weight excluding hydrogens is 226 g/mol. The number of carbonyl (C=O) groups excluding carboxylic acids is 1. The van der Waals surface area contributed by atoms with Gasteiger partial charge in [0, 0.05) is 38.1 Å². The van der Waals surface area contributed by atoms with Gasteiger partial charge >= 0.3 is 0 Å². The van der Waals surface area contributed by atoms with Crippen LogP contribution in [0.4, 0.5) is 5.69 Å². The van der Waals surface area contributed by atoms with Crippen molar-refractivity contribution in [1.29, 1.82) is 0 Å². The number of hydrogen-bond donors (Lipinski definition) is 0. The van der Waals surface area contributed by atoms with E-state index in [0.29, 0.717) is 5.92 Å². The molecule has 0 aliphatic carbocycles. The third-order valence-electron chi connectivity index (χ3n) is 3.57. The first-order valence-corrected chi connectivity index (χ1v) is 6.57. The summed E-state index contributed by atoms with van der Waals surface area (Å²) in [5.74, 6) is 0.799. The van der Waals surface area contributed by atoms with Crippen molar-refractivity contribution in [1.82, 2.24) is 0 Å². The standard InChI is InChI=1S/C15H21NO2/c1-12(17)14-5-3-4-6-15(14)16(2)11-13-7-9-18-10-8-13/h3-6,13H,7-11H2,1-2H3. The fourth-order valence-corrected chi connectivity index (χ4v) is 2.52. The lowest BCUT2D eigenvalue weighted by Gasteiger charge is -2.29. The molecule has 1 aromatic carbocycles. The topological polar surface area (TPSA) is 29.5 Å². The third-order valence-corrected chi connectivity index (χ3v) is 3.57. The number of benzene rings is 1. The zero-order valence-corrected chi connectivity index (χ0v) is 11.2. The van der Waals surface area contributed by atoms with Gasteiger partial charge in [0.25, 0.3) is 0 Å². The predicted molar refractivity (Wildman–Crippen MR) is 73.3 cm³/mol. The number of anilines is 1. The fraction of sp³-hybridized carbons (Fsp3) is 0.533. The molecule has 0 aromatic heterocycles. The molecule has 3 heteroatoms.